The number of carbonyl (C=O) groups excluding carboxylic acids is 1. The Balaban J connectivity index is 1.82. The smallest absolute Gasteiger partial charge is 0.272 e. The second kappa shape index (κ2) is 7.72. The van der Waals surface area contributed by atoms with Crippen LogP contribution >= 0.6 is 0 Å². The van der Waals surface area contributed by atoms with Crippen molar-refractivity contribution in [1.29, 1.82) is 0 Å². The molecule has 1 saturated heterocycles. The molecule has 0 radical (unpaired) electrons. The number of hydrogen-bond donors (Lipinski definition) is 1. The Morgan fingerprint density at radius 2 is 2.04 bits per heavy atom. The topological polar surface area (TPSA) is 58.1 Å². The molecule has 138 valence electrons. The van der Waals surface area contributed by atoms with Crippen LogP contribution in [0, 0.1) is 17.5 Å². The van der Waals surface area contributed by atoms with Crippen molar-refractivity contribution in [3.8, 4) is 0 Å². The summed E-state index contributed by atoms with van der Waals surface area (Å²) in [7, 11) is 0. The number of piperidine rings is 1. The Hall–Kier alpha value is -2.64. The second-order valence-electron chi connectivity index (χ2n) is 6.17. The predicted octanol–water partition coefficient (Wildman–Crippen LogP) is 4.04. The number of rotatable bonds is 4. The largest absolute Gasteiger partial charge is 0.334 e. The third-order valence-electron chi connectivity index (χ3n) is 4.52. The molecule has 3 rings (SSSR count). The number of amides is 1. The van der Waals surface area contributed by atoms with Crippen LogP contribution in [-0.2, 0) is 0 Å². The number of halogens is 3. The zero-order valence-electron chi connectivity index (χ0n) is 14.3. The average molecular weight is 364 g/mol. The summed E-state index contributed by atoms with van der Waals surface area (Å²) in [6.45, 7) is 2.71. The van der Waals surface area contributed by atoms with E-state index in [1.165, 1.54) is 12.3 Å². The van der Waals surface area contributed by atoms with E-state index in [0.29, 0.717) is 6.54 Å². The molecule has 1 unspecified atom stereocenters. The summed E-state index contributed by atoms with van der Waals surface area (Å²) in [6.07, 6.45) is 5.22. The summed E-state index contributed by atoms with van der Waals surface area (Å²) in [5, 5.41) is 2.49. The van der Waals surface area contributed by atoms with Gasteiger partial charge in [-0.3, -0.25) is 4.79 Å². The lowest BCUT2D eigenvalue weighted by Crippen LogP contribution is -2.43. The first-order chi connectivity index (χ1) is 12.5. The van der Waals surface area contributed by atoms with Crippen LogP contribution in [0.4, 0.5) is 24.8 Å². The number of aromatic nitrogens is 2. The Kier molecular flexibility index (Phi) is 5.39. The molecule has 0 saturated carbocycles. The maximum absolute atomic E-state index is 13.8. The van der Waals surface area contributed by atoms with Gasteiger partial charge in [-0.1, -0.05) is 6.92 Å². The fraction of sp³-hybridized carbons (Fsp3) is 0.389. The van der Waals surface area contributed by atoms with E-state index in [-0.39, 0.29) is 29.3 Å². The summed E-state index contributed by atoms with van der Waals surface area (Å²) in [4.78, 5) is 22.6. The summed E-state index contributed by atoms with van der Waals surface area (Å²) in [6, 6.07) is 3.50. The van der Waals surface area contributed by atoms with Crippen molar-refractivity contribution in [2.75, 3.05) is 11.9 Å². The zero-order valence-corrected chi connectivity index (χ0v) is 14.3. The van der Waals surface area contributed by atoms with Crippen LogP contribution in [0.1, 0.15) is 43.1 Å². The summed E-state index contributed by atoms with van der Waals surface area (Å²) < 4.78 is 40.1. The van der Waals surface area contributed by atoms with Crippen molar-refractivity contribution in [3.63, 3.8) is 0 Å². The van der Waals surface area contributed by atoms with Gasteiger partial charge in [-0.2, -0.15) is 0 Å². The van der Waals surface area contributed by atoms with E-state index in [1.807, 2.05) is 6.92 Å². The van der Waals surface area contributed by atoms with Gasteiger partial charge in [0.05, 0.1) is 5.69 Å². The van der Waals surface area contributed by atoms with Gasteiger partial charge in [0.15, 0.2) is 17.5 Å². The van der Waals surface area contributed by atoms with Crippen LogP contribution < -0.4 is 5.32 Å². The molecule has 1 aromatic carbocycles. The van der Waals surface area contributed by atoms with E-state index in [4.69, 9.17) is 0 Å². The van der Waals surface area contributed by atoms with Gasteiger partial charge in [-0.25, -0.2) is 23.1 Å². The van der Waals surface area contributed by atoms with Gasteiger partial charge >= 0.3 is 0 Å². The SMILES string of the molecule is CCC1CCCCN1C(=O)c1ccnc(Nc2ccc(F)c(F)c2F)n1. The average Bonchev–Trinajstić information content (AvgIpc) is 2.68. The minimum absolute atomic E-state index is 0.0641. The number of hydrogen-bond acceptors (Lipinski definition) is 4. The molecule has 8 heteroatoms. The number of nitrogens with zero attached hydrogens (tertiary/aromatic N) is 3. The first kappa shape index (κ1) is 18.2. The molecule has 1 aliphatic heterocycles. The summed E-state index contributed by atoms with van der Waals surface area (Å²) >= 11 is 0. The van der Waals surface area contributed by atoms with Crippen molar-refractivity contribution < 1.29 is 18.0 Å². The minimum Gasteiger partial charge on any atom is -0.334 e. The van der Waals surface area contributed by atoms with Gasteiger partial charge in [0.2, 0.25) is 5.95 Å². The highest BCUT2D eigenvalue weighted by atomic mass is 19.2. The highest BCUT2D eigenvalue weighted by Crippen LogP contribution is 2.23. The third kappa shape index (κ3) is 3.63. The molecule has 26 heavy (non-hydrogen) atoms. The molecule has 2 heterocycles. The van der Waals surface area contributed by atoms with Crippen LogP contribution in [0.25, 0.3) is 0 Å². The molecule has 1 N–H and O–H groups in total. The summed E-state index contributed by atoms with van der Waals surface area (Å²) in [5.74, 6) is -4.51. The second-order valence-corrected chi connectivity index (χ2v) is 6.17. The van der Waals surface area contributed by atoms with Crippen LogP contribution in [0.5, 0.6) is 0 Å². The molecule has 0 spiro atoms. The lowest BCUT2D eigenvalue weighted by Gasteiger charge is -2.35. The van der Waals surface area contributed by atoms with Crippen LogP contribution in [0.3, 0.4) is 0 Å². The van der Waals surface area contributed by atoms with Crippen molar-refractivity contribution in [2.24, 2.45) is 0 Å². The van der Waals surface area contributed by atoms with E-state index in [0.717, 1.165) is 37.8 Å². The number of anilines is 2. The lowest BCUT2D eigenvalue weighted by molar-refractivity contribution is 0.0602. The van der Waals surface area contributed by atoms with Gasteiger partial charge in [0, 0.05) is 18.8 Å². The standard InChI is InChI=1S/C18H19F3N4O/c1-2-11-5-3-4-10-25(11)17(26)14-8-9-22-18(24-14)23-13-7-6-12(19)15(20)16(13)21/h6-9,11H,2-5,10H2,1H3,(H,22,23,24). The van der Waals surface area contributed by atoms with Crippen molar-refractivity contribution >= 4 is 17.5 Å². The Labute approximate surface area is 149 Å². The Bertz CT molecular complexity index is 815. The number of carbonyl (C=O) groups is 1. The van der Waals surface area contributed by atoms with E-state index in [2.05, 4.69) is 15.3 Å². The molecule has 1 fully saturated rings. The van der Waals surface area contributed by atoms with E-state index in [1.54, 1.807) is 4.90 Å². The van der Waals surface area contributed by atoms with Gasteiger partial charge < -0.3 is 10.2 Å². The van der Waals surface area contributed by atoms with E-state index >= 15 is 0 Å². The monoisotopic (exact) mass is 364 g/mol. The number of benzene rings is 1. The van der Waals surface area contributed by atoms with Crippen LogP contribution in [0.2, 0.25) is 0 Å². The lowest BCUT2D eigenvalue weighted by atomic mass is 9.99. The highest BCUT2D eigenvalue weighted by molar-refractivity contribution is 5.92. The molecule has 2 aromatic rings. The maximum atomic E-state index is 13.8. The normalized spacial score (nSPS) is 17.2. The van der Waals surface area contributed by atoms with Crippen LogP contribution in [-0.4, -0.2) is 33.4 Å². The predicted molar refractivity (Wildman–Crippen MR) is 90.6 cm³/mol. The minimum atomic E-state index is -1.58. The van der Waals surface area contributed by atoms with Gasteiger partial charge in [-0.15, -0.1) is 0 Å². The number of nitrogens with one attached hydrogen (secondary N) is 1. The number of likely N-dealkylation sites (tertiary alicyclic amines) is 1. The van der Waals surface area contributed by atoms with Crippen LogP contribution in [0.15, 0.2) is 24.4 Å². The zero-order chi connectivity index (χ0) is 18.7. The molecule has 1 aliphatic rings. The first-order valence-electron chi connectivity index (χ1n) is 8.55. The van der Waals surface area contributed by atoms with Crippen molar-refractivity contribution in [1.82, 2.24) is 14.9 Å². The first-order valence-corrected chi connectivity index (χ1v) is 8.55. The van der Waals surface area contributed by atoms with Crippen molar-refractivity contribution in [2.45, 2.75) is 38.6 Å². The van der Waals surface area contributed by atoms with E-state index in [9.17, 15) is 18.0 Å². The van der Waals surface area contributed by atoms with Gasteiger partial charge in [-0.05, 0) is 43.9 Å². The Morgan fingerprint density at radius 1 is 1.23 bits per heavy atom. The maximum Gasteiger partial charge on any atom is 0.272 e. The highest BCUT2D eigenvalue weighted by Gasteiger charge is 2.27. The molecule has 0 bridgehead atoms. The molecular weight excluding hydrogens is 345 g/mol. The van der Waals surface area contributed by atoms with Gasteiger partial charge in [0.1, 0.15) is 5.69 Å². The molecule has 1 aromatic heterocycles. The quantitative estimate of drug-likeness (QED) is 0.832. The van der Waals surface area contributed by atoms with E-state index < -0.39 is 17.5 Å². The summed E-state index contributed by atoms with van der Waals surface area (Å²) in [5.41, 5.74) is -0.135. The molecule has 1 amide bonds. The molecule has 1 atom stereocenters. The fourth-order valence-electron chi connectivity index (χ4n) is 3.12. The third-order valence-corrected chi connectivity index (χ3v) is 4.52. The molecule has 0 aliphatic carbocycles. The van der Waals surface area contributed by atoms with Crippen molar-refractivity contribution in [3.05, 3.63) is 47.5 Å². The molecular formula is C18H19F3N4O. The molecule has 5 nitrogen and oxygen atoms in total. The van der Waals surface area contributed by atoms with Gasteiger partial charge in [0.25, 0.3) is 5.91 Å². The fourth-order valence-corrected chi connectivity index (χ4v) is 3.12. The Morgan fingerprint density at radius 3 is 2.81 bits per heavy atom.